The summed E-state index contributed by atoms with van der Waals surface area (Å²) in [5.41, 5.74) is 1.61. The summed E-state index contributed by atoms with van der Waals surface area (Å²) in [6, 6.07) is 7.31. The molecule has 1 aliphatic carbocycles. The number of carbonyl (C=O) groups excluding carboxylic acids is 1. The fraction of sp³-hybridized carbons (Fsp3) is 0.533. The van der Waals surface area contributed by atoms with E-state index >= 15 is 0 Å². The van der Waals surface area contributed by atoms with E-state index < -0.39 is 27.2 Å². The lowest BCUT2D eigenvalue weighted by molar-refractivity contribution is -0.145. The van der Waals surface area contributed by atoms with Gasteiger partial charge in [0.15, 0.2) is 0 Å². The number of hydrogen-bond donors (Lipinski definition) is 1. The molecule has 0 bridgehead atoms. The lowest BCUT2D eigenvalue weighted by atomic mass is 10.1. The Morgan fingerprint density at radius 3 is 2.81 bits per heavy atom. The van der Waals surface area contributed by atoms with Gasteiger partial charge in [0.25, 0.3) is 0 Å². The number of benzene rings is 1. The number of nitrogens with one attached hydrogen (secondary N) is 1. The molecule has 0 amide bonds. The Bertz CT molecular complexity index is 612. The molecule has 0 spiro atoms. The van der Waals surface area contributed by atoms with Crippen molar-refractivity contribution in [1.82, 2.24) is 0 Å². The van der Waals surface area contributed by atoms with E-state index in [-0.39, 0.29) is 0 Å². The quantitative estimate of drug-likeness (QED) is 0.847. The summed E-state index contributed by atoms with van der Waals surface area (Å²) in [5.74, 6) is -1.01. The number of methoxy groups -OCH3 is 1. The van der Waals surface area contributed by atoms with Crippen molar-refractivity contribution >= 4 is 21.7 Å². The second-order valence-corrected chi connectivity index (χ2v) is 7.20. The minimum atomic E-state index is -3.59. The zero-order valence-electron chi connectivity index (χ0n) is 12.3. The molecule has 116 valence electrons. The van der Waals surface area contributed by atoms with Crippen LogP contribution in [0.4, 0.5) is 5.69 Å². The first-order valence-corrected chi connectivity index (χ1v) is 8.71. The molecule has 2 rings (SSSR count). The maximum Gasteiger partial charge on any atom is 0.310 e. The van der Waals surface area contributed by atoms with Crippen LogP contribution in [0.25, 0.3) is 0 Å². The van der Waals surface area contributed by atoms with Gasteiger partial charge in [-0.1, -0.05) is 25.5 Å². The van der Waals surface area contributed by atoms with Gasteiger partial charge in [-0.15, -0.1) is 0 Å². The average molecular weight is 311 g/mol. The Morgan fingerprint density at radius 2 is 2.14 bits per heavy atom. The highest BCUT2D eigenvalue weighted by Crippen LogP contribution is 2.33. The molecule has 1 aromatic carbocycles. The van der Waals surface area contributed by atoms with Gasteiger partial charge in [-0.2, -0.15) is 0 Å². The molecule has 5 nitrogen and oxygen atoms in total. The van der Waals surface area contributed by atoms with E-state index in [0.717, 1.165) is 18.4 Å². The molecule has 21 heavy (non-hydrogen) atoms. The lowest BCUT2D eigenvalue weighted by Gasteiger charge is -2.19. The largest absolute Gasteiger partial charge is 0.469 e. The highest BCUT2D eigenvalue weighted by molar-refractivity contribution is 7.93. The number of sulfonamides is 1. The number of aryl methyl sites for hydroxylation is 1. The third-order valence-electron chi connectivity index (χ3n) is 3.95. The van der Waals surface area contributed by atoms with Crippen molar-refractivity contribution in [2.45, 2.75) is 37.9 Å². The second-order valence-electron chi connectivity index (χ2n) is 5.30. The first-order valence-electron chi connectivity index (χ1n) is 7.16. The summed E-state index contributed by atoms with van der Waals surface area (Å²) < 4.78 is 32.4. The summed E-state index contributed by atoms with van der Waals surface area (Å²) in [5, 5.41) is -0.713. The van der Waals surface area contributed by atoms with E-state index in [1.807, 2.05) is 25.1 Å². The summed E-state index contributed by atoms with van der Waals surface area (Å²) in [6.45, 7) is 2.01. The van der Waals surface area contributed by atoms with Crippen molar-refractivity contribution in [2.75, 3.05) is 11.8 Å². The molecule has 0 radical (unpaired) electrons. The molecule has 1 aliphatic rings. The summed E-state index contributed by atoms with van der Waals surface area (Å²) in [4.78, 5) is 11.7. The van der Waals surface area contributed by atoms with Crippen LogP contribution in [0, 0.1) is 5.92 Å². The van der Waals surface area contributed by atoms with Crippen LogP contribution in [-0.4, -0.2) is 26.7 Å². The minimum absolute atomic E-state index is 0.440. The maximum absolute atomic E-state index is 12.5. The predicted octanol–water partition coefficient (Wildman–Crippen LogP) is 2.33. The summed E-state index contributed by atoms with van der Waals surface area (Å²) >= 11 is 0. The van der Waals surface area contributed by atoms with Crippen molar-refractivity contribution in [3.63, 3.8) is 0 Å². The molecular weight excluding hydrogens is 290 g/mol. The molecule has 1 saturated carbocycles. The molecule has 2 unspecified atom stereocenters. The second kappa shape index (κ2) is 6.47. The van der Waals surface area contributed by atoms with Gasteiger partial charge in [-0.3, -0.25) is 9.52 Å². The molecule has 0 heterocycles. The fourth-order valence-corrected chi connectivity index (χ4v) is 4.58. The van der Waals surface area contributed by atoms with Gasteiger partial charge in [0.1, 0.15) is 0 Å². The fourth-order valence-electron chi connectivity index (χ4n) is 2.81. The molecule has 2 atom stereocenters. The summed E-state index contributed by atoms with van der Waals surface area (Å²) in [7, 11) is -2.30. The first-order chi connectivity index (χ1) is 9.97. The van der Waals surface area contributed by atoms with Gasteiger partial charge in [0.2, 0.25) is 10.0 Å². The Hall–Kier alpha value is -1.56. The Morgan fingerprint density at radius 1 is 1.38 bits per heavy atom. The van der Waals surface area contributed by atoms with Gasteiger partial charge in [-0.05, 0) is 37.0 Å². The molecule has 0 aliphatic heterocycles. The predicted molar refractivity (Wildman–Crippen MR) is 81.5 cm³/mol. The molecular formula is C15H21NO4S. The summed E-state index contributed by atoms with van der Waals surface area (Å²) in [6.07, 6.45) is 2.61. The highest BCUT2D eigenvalue weighted by atomic mass is 32.2. The number of anilines is 1. The van der Waals surface area contributed by atoms with Crippen LogP contribution < -0.4 is 4.72 Å². The van der Waals surface area contributed by atoms with E-state index in [1.165, 1.54) is 7.11 Å². The SMILES string of the molecule is CCc1cccc(NS(=O)(=O)C2CCCC2C(=O)OC)c1. The van der Waals surface area contributed by atoms with Crippen LogP contribution in [0.1, 0.15) is 31.7 Å². The Labute approximate surface area is 125 Å². The zero-order valence-corrected chi connectivity index (χ0v) is 13.2. The van der Waals surface area contributed by atoms with Gasteiger partial charge >= 0.3 is 5.97 Å². The Kier molecular flexibility index (Phi) is 4.88. The zero-order chi connectivity index (χ0) is 15.5. The third-order valence-corrected chi connectivity index (χ3v) is 5.83. The number of hydrogen-bond acceptors (Lipinski definition) is 4. The normalized spacial score (nSPS) is 22.0. The topological polar surface area (TPSA) is 72.5 Å². The van der Waals surface area contributed by atoms with Crippen molar-refractivity contribution in [3.8, 4) is 0 Å². The van der Waals surface area contributed by atoms with Crippen LogP contribution in [0.5, 0.6) is 0 Å². The van der Waals surface area contributed by atoms with E-state index in [0.29, 0.717) is 18.5 Å². The number of carbonyl (C=O) groups is 1. The van der Waals surface area contributed by atoms with E-state index in [9.17, 15) is 13.2 Å². The number of ether oxygens (including phenoxy) is 1. The van der Waals surface area contributed by atoms with Crippen LogP contribution in [0.3, 0.4) is 0 Å². The maximum atomic E-state index is 12.5. The van der Waals surface area contributed by atoms with Crippen LogP contribution >= 0.6 is 0 Å². The molecule has 6 heteroatoms. The van der Waals surface area contributed by atoms with Gasteiger partial charge < -0.3 is 4.74 Å². The van der Waals surface area contributed by atoms with Crippen LogP contribution in [0.15, 0.2) is 24.3 Å². The van der Waals surface area contributed by atoms with Gasteiger partial charge in [0.05, 0.1) is 18.3 Å². The Balaban J connectivity index is 2.19. The van der Waals surface area contributed by atoms with Gasteiger partial charge in [-0.25, -0.2) is 8.42 Å². The lowest BCUT2D eigenvalue weighted by Crippen LogP contribution is -2.35. The first kappa shape index (κ1) is 15.8. The van der Waals surface area contributed by atoms with Gasteiger partial charge in [0, 0.05) is 5.69 Å². The standard InChI is InChI=1S/C15H21NO4S/c1-3-11-6-4-7-12(10-11)16-21(18,19)14-9-5-8-13(14)15(17)20-2/h4,6-7,10,13-14,16H,3,5,8-9H2,1-2H3. The van der Waals surface area contributed by atoms with Crippen LogP contribution in [0.2, 0.25) is 0 Å². The van der Waals surface area contributed by atoms with E-state index in [1.54, 1.807) is 6.07 Å². The molecule has 1 aromatic rings. The molecule has 0 saturated heterocycles. The van der Waals surface area contributed by atoms with Crippen molar-refractivity contribution in [3.05, 3.63) is 29.8 Å². The molecule has 1 fully saturated rings. The van der Waals surface area contributed by atoms with Crippen molar-refractivity contribution in [2.24, 2.45) is 5.92 Å². The monoisotopic (exact) mass is 311 g/mol. The molecule has 1 N–H and O–H groups in total. The van der Waals surface area contributed by atoms with Crippen molar-refractivity contribution < 1.29 is 17.9 Å². The van der Waals surface area contributed by atoms with Crippen LogP contribution in [-0.2, 0) is 26.0 Å². The smallest absolute Gasteiger partial charge is 0.310 e. The third kappa shape index (κ3) is 3.56. The average Bonchev–Trinajstić information content (AvgIpc) is 2.96. The molecule has 0 aromatic heterocycles. The number of rotatable bonds is 5. The minimum Gasteiger partial charge on any atom is -0.469 e. The van der Waals surface area contributed by atoms with E-state index in [2.05, 4.69) is 4.72 Å². The van der Waals surface area contributed by atoms with E-state index in [4.69, 9.17) is 4.74 Å². The number of esters is 1. The highest BCUT2D eigenvalue weighted by Gasteiger charge is 2.42. The van der Waals surface area contributed by atoms with Crippen molar-refractivity contribution in [1.29, 1.82) is 0 Å².